The third-order valence-corrected chi connectivity index (χ3v) is 7.98. The van der Waals surface area contributed by atoms with Crippen LogP contribution in [0.2, 0.25) is 5.02 Å². The number of hydrogen-bond donors (Lipinski definition) is 0. The molecule has 218 valence electrons. The summed E-state index contributed by atoms with van der Waals surface area (Å²) in [7, 11) is 0. The Morgan fingerprint density at radius 1 is 0.907 bits per heavy atom. The molecule has 1 saturated heterocycles. The number of nitrogens with zero attached hydrogens (tertiary/aromatic N) is 2. The highest BCUT2D eigenvalue weighted by Crippen LogP contribution is 2.38. The van der Waals surface area contributed by atoms with Crippen LogP contribution in [0.3, 0.4) is 0 Å². The Labute approximate surface area is 262 Å². The van der Waals surface area contributed by atoms with Gasteiger partial charge in [0, 0.05) is 10.6 Å². The quantitative estimate of drug-likeness (QED) is 0.119. The molecule has 0 bridgehead atoms. The van der Waals surface area contributed by atoms with Crippen LogP contribution in [0.1, 0.15) is 34.7 Å². The molecule has 1 amide bonds. The van der Waals surface area contributed by atoms with E-state index in [4.69, 9.17) is 26.1 Å². The Morgan fingerprint density at radius 3 is 2.33 bits per heavy atom. The van der Waals surface area contributed by atoms with Crippen LogP contribution in [0, 0.1) is 0 Å². The number of hydrogen-bond acceptors (Lipinski definition) is 5. The van der Waals surface area contributed by atoms with Crippen LogP contribution in [0.25, 0.3) is 6.08 Å². The van der Waals surface area contributed by atoms with Crippen molar-refractivity contribution in [1.82, 2.24) is 4.90 Å². The molecule has 43 heavy (non-hydrogen) atoms. The maximum Gasteiger partial charge on any atom is 0.267 e. The number of carbonyl (C=O) groups is 1. The summed E-state index contributed by atoms with van der Waals surface area (Å²) in [6.07, 6.45) is 4.32. The van der Waals surface area contributed by atoms with Crippen molar-refractivity contribution >= 4 is 40.5 Å². The number of ether oxygens (including phenoxy) is 2. The molecule has 0 aromatic heterocycles. The summed E-state index contributed by atoms with van der Waals surface area (Å²) in [6.45, 7) is 7.63. The van der Waals surface area contributed by atoms with E-state index in [1.54, 1.807) is 4.90 Å². The number of amides is 1. The van der Waals surface area contributed by atoms with E-state index in [9.17, 15) is 4.79 Å². The molecule has 4 aromatic rings. The van der Waals surface area contributed by atoms with Crippen LogP contribution in [0.15, 0.2) is 120 Å². The van der Waals surface area contributed by atoms with Crippen LogP contribution >= 0.6 is 23.4 Å². The molecule has 7 heteroatoms. The summed E-state index contributed by atoms with van der Waals surface area (Å²) in [4.78, 5) is 21.0. The zero-order chi connectivity index (χ0) is 30.0. The SMILES string of the molecule is C=CCc1cc(/C=C2/SC(=NCc3ccccc3)N(Cc3ccccc3)C2=O)cc(OCC)c1OCc1cccc(Cl)c1. The lowest BCUT2D eigenvalue weighted by Gasteiger charge is -2.17. The highest BCUT2D eigenvalue weighted by atomic mass is 35.5. The number of allylic oxidation sites excluding steroid dienone is 1. The molecule has 0 aliphatic carbocycles. The van der Waals surface area contributed by atoms with Crippen molar-refractivity contribution in [3.05, 3.63) is 147 Å². The molecule has 1 fully saturated rings. The Morgan fingerprint density at radius 2 is 1.63 bits per heavy atom. The molecule has 0 N–H and O–H groups in total. The number of benzene rings is 4. The van der Waals surface area contributed by atoms with Crippen molar-refractivity contribution in [1.29, 1.82) is 0 Å². The van der Waals surface area contributed by atoms with Crippen LogP contribution in [0.4, 0.5) is 0 Å². The molecular formula is C36H33ClN2O3S. The van der Waals surface area contributed by atoms with Gasteiger partial charge in [0.15, 0.2) is 16.7 Å². The fraction of sp³-hybridized carbons (Fsp3) is 0.167. The number of aliphatic imine (C=N–C) groups is 1. The van der Waals surface area contributed by atoms with Crippen molar-refractivity contribution < 1.29 is 14.3 Å². The zero-order valence-corrected chi connectivity index (χ0v) is 25.6. The monoisotopic (exact) mass is 608 g/mol. The first kappa shape index (κ1) is 30.2. The summed E-state index contributed by atoms with van der Waals surface area (Å²) in [5, 5.41) is 1.34. The predicted molar refractivity (Wildman–Crippen MR) is 177 cm³/mol. The average molecular weight is 609 g/mol. The molecule has 0 radical (unpaired) electrons. The first-order chi connectivity index (χ1) is 21.0. The largest absolute Gasteiger partial charge is 0.490 e. The van der Waals surface area contributed by atoms with Gasteiger partial charge in [0.2, 0.25) is 0 Å². The van der Waals surface area contributed by atoms with E-state index in [0.29, 0.717) is 59.3 Å². The molecule has 5 rings (SSSR count). The van der Waals surface area contributed by atoms with E-state index in [1.807, 2.05) is 116 Å². The van der Waals surface area contributed by atoms with Gasteiger partial charge in [0.1, 0.15) is 6.61 Å². The third kappa shape index (κ3) is 7.98. The Hall–Kier alpha value is -4.26. The summed E-state index contributed by atoms with van der Waals surface area (Å²) >= 11 is 7.57. The van der Waals surface area contributed by atoms with Crippen molar-refractivity contribution in [3.8, 4) is 11.5 Å². The second kappa shape index (κ2) is 14.8. The van der Waals surface area contributed by atoms with Crippen molar-refractivity contribution in [2.45, 2.75) is 33.0 Å². The second-order valence-electron chi connectivity index (χ2n) is 9.92. The molecule has 0 atom stereocenters. The number of carbonyl (C=O) groups excluding carboxylic acids is 1. The molecule has 0 saturated carbocycles. The standard InChI is InChI=1S/C36H33ClN2O3S/c1-3-12-30-19-29(21-32(41-4-2)34(30)42-25-28-17-11-18-31(37)20-28)22-33-35(40)39(24-27-15-9-6-10-16-27)36(43-33)38-23-26-13-7-5-8-14-26/h3,5-11,13-22H,1,4,12,23-25H2,2H3/b33-22+,38-36?. The summed E-state index contributed by atoms with van der Waals surface area (Å²) in [6, 6.07) is 31.6. The topological polar surface area (TPSA) is 51.1 Å². The maximum atomic E-state index is 13.8. The number of thioether (sulfide) groups is 1. The molecule has 1 heterocycles. The zero-order valence-electron chi connectivity index (χ0n) is 24.0. The molecule has 5 nitrogen and oxygen atoms in total. The van der Waals surface area contributed by atoms with Crippen LogP contribution < -0.4 is 9.47 Å². The Kier molecular flexibility index (Phi) is 10.4. The molecule has 4 aromatic carbocycles. The van der Waals surface area contributed by atoms with Crippen molar-refractivity contribution in [2.24, 2.45) is 4.99 Å². The fourth-order valence-corrected chi connectivity index (χ4v) is 5.90. The fourth-order valence-electron chi connectivity index (χ4n) is 4.71. The van der Waals surface area contributed by atoms with Gasteiger partial charge in [-0.15, -0.1) is 6.58 Å². The van der Waals surface area contributed by atoms with E-state index in [-0.39, 0.29) is 5.91 Å². The summed E-state index contributed by atoms with van der Waals surface area (Å²) in [5.41, 5.74) is 4.85. The highest BCUT2D eigenvalue weighted by molar-refractivity contribution is 8.18. The number of amidine groups is 1. The van der Waals surface area contributed by atoms with Gasteiger partial charge in [-0.05, 0) is 77.7 Å². The predicted octanol–water partition coefficient (Wildman–Crippen LogP) is 8.72. The lowest BCUT2D eigenvalue weighted by atomic mass is 10.0. The lowest BCUT2D eigenvalue weighted by molar-refractivity contribution is -0.122. The van der Waals surface area contributed by atoms with Gasteiger partial charge >= 0.3 is 0 Å². The second-order valence-corrected chi connectivity index (χ2v) is 11.4. The van der Waals surface area contributed by atoms with E-state index in [1.165, 1.54) is 11.8 Å². The minimum Gasteiger partial charge on any atom is -0.490 e. The van der Waals surface area contributed by atoms with E-state index < -0.39 is 0 Å². The number of rotatable bonds is 12. The summed E-state index contributed by atoms with van der Waals surface area (Å²) in [5.74, 6) is 1.19. The first-order valence-electron chi connectivity index (χ1n) is 14.2. The minimum absolute atomic E-state index is 0.0785. The molecule has 1 aliphatic heterocycles. The van der Waals surface area contributed by atoms with E-state index in [2.05, 4.69) is 6.58 Å². The normalized spacial score (nSPS) is 14.8. The van der Waals surface area contributed by atoms with Crippen LogP contribution in [-0.2, 0) is 30.9 Å². The minimum atomic E-state index is -0.0785. The van der Waals surface area contributed by atoms with Gasteiger partial charge in [-0.3, -0.25) is 14.7 Å². The van der Waals surface area contributed by atoms with Crippen LogP contribution in [-0.4, -0.2) is 22.6 Å². The van der Waals surface area contributed by atoms with Crippen molar-refractivity contribution in [2.75, 3.05) is 6.61 Å². The Bertz CT molecular complexity index is 1640. The summed E-state index contributed by atoms with van der Waals surface area (Å²) < 4.78 is 12.3. The van der Waals surface area contributed by atoms with Gasteiger partial charge in [0.25, 0.3) is 5.91 Å². The van der Waals surface area contributed by atoms with Gasteiger partial charge in [-0.2, -0.15) is 0 Å². The van der Waals surface area contributed by atoms with Gasteiger partial charge < -0.3 is 9.47 Å². The van der Waals surface area contributed by atoms with E-state index in [0.717, 1.165) is 27.8 Å². The van der Waals surface area contributed by atoms with Gasteiger partial charge in [-0.1, -0.05) is 90.5 Å². The lowest BCUT2D eigenvalue weighted by Crippen LogP contribution is -2.28. The average Bonchev–Trinajstić information content (AvgIpc) is 3.30. The highest BCUT2D eigenvalue weighted by Gasteiger charge is 2.33. The maximum absolute atomic E-state index is 13.8. The molecule has 0 unspecified atom stereocenters. The van der Waals surface area contributed by atoms with Gasteiger partial charge in [-0.25, -0.2) is 0 Å². The van der Waals surface area contributed by atoms with Gasteiger partial charge in [0.05, 0.1) is 24.6 Å². The molecular weight excluding hydrogens is 576 g/mol. The third-order valence-electron chi connectivity index (χ3n) is 6.70. The number of halogens is 1. The smallest absolute Gasteiger partial charge is 0.267 e. The van der Waals surface area contributed by atoms with Crippen molar-refractivity contribution in [3.63, 3.8) is 0 Å². The van der Waals surface area contributed by atoms with E-state index >= 15 is 0 Å². The first-order valence-corrected chi connectivity index (χ1v) is 15.3. The van der Waals surface area contributed by atoms with Crippen LogP contribution in [0.5, 0.6) is 11.5 Å². The Balaban J connectivity index is 1.47. The molecule has 1 aliphatic rings. The molecule has 0 spiro atoms.